The Balaban J connectivity index is 1.01. The van der Waals surface area contributed by atoms with Gasteiger partial charge < -0.3 is 24.9 Å². The Morgan fingerprint density at radius 3 is 1.90 bits per heavy atom. The molecule has 346 valence electrons. The molecule has 0 saturated carbocycles. The average Bonchev–Trinajstić information content (AvgIpc) is 3.87. The molecule has 1 saturated heterocycles. The molecule has 2 aliphatic rings. The molecule has 2 amide bonds. The van der Waals surface area contributed by atoms with E-state index in [-0.39, 0.29) is 36.1 Å². The highest BCUT2D eigenvalue weighted by atomic mass is 32.2. The van der Waals surface area contributed by atoms with Gasteiger partial charge in [-0.15, -0.1) is 23.1 Å². The van der Waals surface area contributed by atoms with Gasteiger partial charge in [-0.1, -0.05) is 163 Å². The molecule has 2 N–H and O–H groups in total. The normalized spacial score (nSPS) is 15.7. The van der Waals surface area contributed by atoms with Gasteiger partial charge in [-0.25, -0.2) is 9.78 Å². The van der Waals surface area contributed by atoms with Gasteiger partial charge in [-0.3, -0.25) is 24.3 Å². The van der Waals surface area contributed by atoms with Crippen LogP contribution in [0.1, 0.15) is 52.2 Å². The lowest BCUT2D eigenvalue weighted by atomic mass is 9.77. The van der Waals surface area contributed by atoms with Crippen LogP contribution >= 0.6 is 23.1 Å². The summed E-state index contributed by atoms with van der Waals surface area (Å²) in [6, 6.07) is 53.3. The summed E-state index contributed by atoms with van der Waals surface area (Å²) in [5.41, 5.74) is 4.64. The number of oxime groups is 1. The van der Waals surface area contributed by atoms with Crippen molar-refractivity contribution in [1.82, 2.24) is 20.2 Å². The molecule has 15 heteroatoms. The number of nitrogens with zero attached hydrogens (tertiary/aromatic N) is 4. The third kappa shape index (κ3) is 10.2. The summed E-state index contributed by atoms with van der Waals surface area (Å²) in [6.45, 7) is 1.15. The number of thiazole rings is 1. The predicted molar refractivity (Wildman–Crippen MR) is 265 cm³/mol. The maximum absolute atomic E-state index is 14.6. The number of aromatic nitrogens is 2. The van der Waals surface area contributed by atoms with Crippen LogP contribution in [-0.4, -0.2) is 74.7 Å². The van der Waals surface area contributed by atoms with Gasteiger partial charge >= 0.3 is 11.9 Å². The summed E-state index contributed by atoms with van der Waals surface area (Å²) in [7, 11) is 0. The number of hydrogen-bond acceptors (Lipinski definition) is 13. The van der Waals surface area contributed by atoms with E-state index >= 15 is 0 Å². The predicted octanol–water partition coefficient (Wildman–Crippen LogP) is 8.46. The largest absolute Gasteiger partial charge is 0.461 e. The molecule has 2 atom stereocenters. The van der Waals surface area contributed by atoms with Crippen molar-refractivity contribution in [2.75, 3.05) is 24.3 Å². The number of hydrogen-bond donors (Lipinski definition) is 2. The van der Waals surface area contributed by atoms with Crippen LogP contribution in [0.5, 0.6) is 0 Å². The van der Waals surface area contributed by atoms with Crippen LogP contribution in [0.4, 0.5) is 5.13 Å². The fourth-order valence-corrected chi connectivity index (χ4v) is 10.4. The molecule has 2 aromatic heterocycles. The highest BCUT2D eigenvalue weighted by Gasteiger charge is 2.55. The van der Waals surface area contributed by atoms with Gasteiger partial charge in [0.15, 0.2) is 16.9 Å². The van der Waals surface area contributed by atoms with Crippen molar-refractivity contribution in [1.29, 1.82) is 0 Å². The lowest BCUT2D eigenvalue weighted by Crippen LogP contribution is -2.71. The molecule has 1 unspecified atom stereocenters. The number of nitrogens with one attached hydrogen (secondary N) is 2. The number of carbonyl (C=O) groups excluding carboxylic acids is 4. The van der Waals surface area contributed by atoms with Gasteiger partial charge in [-0.2, -0.15) is 0 Å². The number of pyridine rings is 1. The minimum absolute atomic E-state index is 0.0342. The fraction of sp³-hybridized carbons (Fsp3) is 0.167. The van der Waals surface area contributed by atoms with Crippen LogP contribution in [-0.2, 0) is 45.4 Å². The number of amides is 2. The molecule has 0 bridgehead atoms. The van der Waals surface area contributed by atoms with Crippen molar-refractivity contribution in [2.24, 2.45) is 5.16 Å². The van der Waals surface area contributed by atoms with Crippen molar-refractivity contribution in [2.45, 2.75) is 36.4 Å². The lowest BCUT2D eigenvalue weighted by molar-refractivity contribution is -0.154. The monoisotopic (exact) mass is 954 g/mol. The maximum Gasteiger partial charge on any atom is 0.356 e. The van der Waals surface area contributed by atoms with E-state index in [2.05, 4.69) is 57.2 Å². The summed E-state index contributed by atoms with van der Waals surface area (Å²) in [4.78, 5) is 71.8. The van der Waals surface area contributed by atoms with Gasteiger partial charge in [0.05, 0.1) is 0 Å². The Morgan fingerprint density at radius 1 is 0.783 bits per heavy atom. The number of ether oxygens (including phenoxy) is 2. The van der Waals surface area contributed by atoms with E-state index in [1.54, 1.807) is 11.6 Å². The first-order valence-electron chi connectivity index (χ1n) is 22.2. The second-order valence-corrected chi connectivity index (χ2v) is 18.0. The summed E-state index contributed by atoms with van der Waals surface area (Å²) in [5, 5.41) is 12.5. The first-order valence-corrected chi connectivity index (χ1v) is 24.2. The van der Waals surface area contributed by atoms with E-state index in [1.807, 2.05) is 133 Å². The number of benzene rings is 5. The molecule has 9 rings (SSSR count). The Kier molecular flexibility index (Phi) is 14.3. The number of anilines is 1. The summed E-state index contributed by atoms with van der Waals surface area (Å²) in [6.07, 6.45) is 1.30. The summed E-state index contributed by atoms with van der Waals surface area (Å²) < 4.78 is 11.6. The lowest BCUT2D eigenvalue weighted by Gasteiger charge is -2.49. The Morgan fingerprint density at radius 2 is 1.35 bits per heavy atom. The molecule has 2 aliphatic heterocycles. The fourth-order valence-electron chi connectivity index (χ4n) is 8.32. The Hall–Kier alpha value is -7.88. The summed E-state index contributed by atoms with van der Waals surface area (Å²) in [5.74, 6) is -2.38. The minimum Gasteiger partial charge on any atom is -0.461 e. The molecular weight excluding hydrogens is 909 g/mol. The van der Waals surface area contributed by atoms with Crippen LogP contribution < -0.4 is 10.6 Å². The van der Waals surface area contributed by atoms with Gasteiger partial charge in [0.2, 0.25) is 0 Å². The number of thioether (sulfide) groups is 1. The Labute approximate surface area is 407 Å². The van der Waals surface area contributed by atoms with Crippen molar-refractivity contribution >= 4 is 57.7 Å². The second kappa shape index (κ2) is 21.4. The van der Waals surface area contributed by atoms with Crippen molar-refractivity contribution in [3.63, 3.8) is 0 Å². The van der Waals surface area contributed by atoms with Crippen LogP contribution in [0, 0.1) is 0 Å². The quantitative estimate of drug-likeness (QED) is 0.0212. The van der Waals surface area contributed by atoms with E-state index in [9.17, 15) is 19.2 Å². The van der Waals surface area contributed by atoms with Crippen molar-refractivity contribution in [3.8, 4) is 0 Å². The molecule has 69 heavy (non-hydrogen) atoms. The summed E-state index contributed by atoms with van der Waals surface area (Å²) >= 11 is 2.61. The van der Waals surface area contributed by atoms with Crippen LogP contribution in [0.3, 0.4) is 0 Å². The van der Waals surface area contributed by atoms with E-state index < -0.39 is 46.8 Å². The molecule has 4 heterocycles. The highest BCUT2D eigenvalue weighted by molar-refractivity contribution is 8.00. The molecule has 0 aliphatic carbocycles. The molecule has 1 fully saturated rings. The molecule has 0 spiro atoms. The number of fused-ring (bicyclic) bond motifs is 1. The molecule has 7 aromatic rings. The zero-order valence-corrected chi connectivity index (χ0v) is 39.0. The number of β-lactam (4-membered cyclic amide) rings is 1. The van der Waals surface area contributed by atoms with Gasteiger partial charge in [-0.05, 0) is 39.9 Å². The van der Waals surface area contributed by atoms with Crippen LogP contribution in [0.2, 0.25) is 0 Å². The third-order valence-electron chi connectivity index (χ3n) is 11.6. The maximum atomic E-state index is 14.6. The average molecular weight is 955 g/mol. The van der Waals surface area contributed by atoms with E-state index in [0.717, 1.165) is 33.5 Å². The molecular formula is C54H46N6O7S2. The van der Waals surface area contributed by atoms with Gasteiger partial charge in [0, 0.05) is 41.9 Å². The second-order valence-electron chi connectivity index (χ2n) is 16.1. The van der Waals surface area contributed by atoms with Gasteiger partial charge in [0.1, 0.15) is 41.6 Å². The zero-order chi connectivity index (χ0) is 47.6. The standard InChI is InChI=1S/C54H46N6O7S2/c1-36(61)65-33-39-34-68-51-46(50(63)60(51)47(39)52(64)67-48(37-19-7-2-8-20-37)38-21-9-3-10-22-38)57-49(62)45(59-66-32-30-43-29-17-18-31-55-43)44-35-69-53(56-44)58-54(40-23-11-4-12-24-40,41-25-13-5-14-26-41)42-27-15-6-16-28-42/h2-29,31,35,46,48,51H,30,32-34H2,1H3,(H,56,58)(H,57,62)/t46?,51-/m1/s1. The SMILES string of the molecule is CC(=O)OCC1=C(C(=O)OC(c2ccccc2)c2ccccc2)N2C(=O)C(NC(=O)C(=NOCCc3ccccn3)c3csc(NC(c4ccccc4)(c4ccccc4)c4ccccc4)n3)[C@H]2SC1. The Bertz CT molecular complexity index is 2820. The number of rotatable bonds is 18. The van der Waals surface area contributed by atoms with Gasteiger partial charge in [0.25, 0.3) is 11.8 Å². The molecule has 0 radical (unpaired) electrons. The van der Waals surface area contributed by atoms with E-state index in [4.69, 9.17) is 19.3 Å². The highest BCUT2D eigenvalue weighted by Crippen LogP contribution is 2.43. The van der Waals surface area contributed by atoms with E-state index in [1.165, 1.54) is 34.9 Å². The number of carbonyl (C=O) groups is 4. The zero-order valence-electron chi connectivity index (χ0n) is 37.3. The van der Waals surface area contributed by atoms with Crippen molar-refractivity contribution in [3.05, 3.63) is 232 Å². The van der Waals surface area contributed by atoms with Crippen molar-refractivity contribution < 1.29 is 33.5 Å². The third-order valence-corrected chi connectivity index (χ3v) is 13.7. The van der Waals surface area contributed by atoms with E-state index in [0.29, 0.717) is 17.1 Å². The minimum atomic E-state index is -1.07. The molecule has 5 aromatic carbocycles. The van der Waals surface area contributed by atoms with Crippen LogP contribution in [0.25, 0.3) is 0 Å². The molecule has 13 nitrogen and oxygen atoms in total. The first kappa shape index (κ1) is 46.2. The first-order chi connectivity index (χ1) is 33.8. The van der Waals surface area contributed by atoms with Crippen LogP contribution in [0.15, 0.2) is 198 Å². The smallest absolute Gasteiger partial charge is 0.356 e. The number of esters is 2. The topological polar surface area (TPSA) is 161 Å².